The molecule has 1 amide bonds. The van der Waals surface area contributed by atoms with Gasteiger partial charge < -0.3 is 10.3 Å². The first-order chi connectivity index (χ1) is 12.4. The normalized spacial score (nSPS) is 18.3. The Balaban J connectivity index is 1.69. The van der Waals surface area contributed by atoms with Crippen LogP contribution >= 0.6 is 0 Å². The highest BCUT2D eigenvalue weighted by atomic mass is 16.2. The second kappa shape index (κ2) is 6.12. The standard InChI is InChI=1S/C20H23N5O/c1-13-4-6-14(7-5-13)25-18-9-20(2,3)8-16(15(18)10-23-25)24-19(26)17-11-21-12-22-17/h4-7,10-12,16H,8-9H2,1-3H3,(H,21,22)(H,24,26)/t16-/m0/s1. The van der Waals surface area contributed by atoms with E-state index in [1.165, 1.54) is 17.6 Å². The molecule has 6 heteroatoms. The van der Waals surface area contributed by atoms with Gasteiger partial charge in [-0.05, 0) is 37.3 Å². The Labute approximate surface area is 152 Å². The molecule has 1 aliphatic rings. The summed E-state index contributed by atoms with van der Waals surface area (Å²) in [6.45, 7) is 6.54. The van der Waals surface area contributed by atoms with E-state index < -0.39 is 0 Å². The van der Waals surface area contributed by atoms with Gasteiger partial charge in [0.1, 0.15) is 5.69 Å². The van der Waals surface area contributed by atoms with Crippen molar-refractivity contribution < 1.29 is 4.79 Å². The van der Waals surface area contributed by atoms with Gasteiger partial charge in [0.2, 0.25) is 0 Å². The highest BCUT2D eigenvalue weighted by molar-refractivity contribution is 5.92. The second-order valence-electron chi connectivity index (χ2n) is 7.83. The summed E-state index contributed by atoms with van der Waals surface area (Å²) in [4.78, 5) is 19.3. The van der Waals surface area contributed by atoms with Gasteiger partial charge in [-0.15, -0.1) is 0 Å². The van der Waals surface area contributed by atoms with Gasteiger partial charge in [-0.3, -0.25) is 4.79 Å². The van der Waals surface area contributed by atoms with E-state index in [4.69, 9.17) is 0 Å². The van der Waals surface area contributed by atoms with Crippen LogP contribution in [0.4, 0.5) is 0 Å². The average Bonchev–Trinajstić information content (AvgIpc) is 3.24. The van der Waals surface area contributed by atoms with Gasteiger partial charge >= 0.3 is 0 Å². The molecule has 134 valence electrons. The van der Waals surface area contributed by atoms with Crippen molar-refractivity contribution in [2.75, 3.05) is 0 Å². The minimum Gasteiger partial charge on any atom is -0.344 e. The largest absolute Gasteiger partial charge is 0.344 e. The van der Waals surface area contributed by atoms with E-state index in [0.717, 1.165) is 24.1 Å². The van der Waals surface area contributed by atoms with Crippen molar-refractivity contribution in [3.8, 4) is 5.69 Å². The SMILES string of the molecule is Cc1ccc(-n2ncc3c2CC(C)(C)C[C@@H]3NC(=O)c2cnc[nH]2)cc1. The lowest BCUT2D eigenvalue weighted by atomic mass is 9.74. The Morgan fingerprint density at radius 3 is 2.73 bits per heavy atom. The summed E-state index contributed by atoms with van der Waals surface area (Å²) in [5.41, 5.74) is 5.08. The summed E-state index contributed by atoms with van der Waals surface area (Å²) in [6.07, 6.45) is 6.74. The van der Waals surface area contributed by atoms with Crippen LogP contribution in [0.3, 0.4) is 0 Å². The number of carbonyl (C=O) groups is 1. The molecule has 2 N–H and O–H groups in total. The molecular formula is C20H23N5O. The molecule has 0 saturated carbocycles. The molecule has 0 fully saturated rings. The van der Waals surface area contributed by atoms with Crippen molar-refractivity contribution in [3.05, 3.63) is 65.5 Å². The number of carbonyl (C=O) groups excluding carboxylic acids is 1. The van der Waals surface area contributed by atoms with E-state index in [-0.39, 0.29) is 17.4 Å². The van der Waals surface area contributed by atoms with E-state index in [2.05, 4.69) is 65.4 Å². The number of benzene rings is 1. The minimum atomic E-state index is -0.140. The van der Waals surface area contributed by atoms with Crippen molar-refractivity contribution in [1.82, 2.24) is 25.1 Å². The molecule has 6 nitrogen and oxygen atoms in total. The number of imidazole rings is 1. The Kier molecular flexibility index (Phi) is 3.90. The van der Waals surface area contributed by atoms with Crippen LogP contribution in [0.1, 0.15) is 53.6 Å². The number of rotatable bonds is 3. The highest BCUT2D eigenvalue weighted by Gasteiger charge is 2.36. The van der Waals surface area contributed by atoms with Gasteiger partial charge in [-0.1, -0.05) is 31.5 Å². The Bertz CT molecular complexity index is 922. The predicted molar refractivity (Wildman–Crippen MR) is 99.2 cm³/mol. The van der Waals surface area contributed by atoms with Gasteiger partial charge in [0, 0.05) is 5.56 Å². The van der Waals surface area contributed by atoms with Crippen LogP contribution in [0.5, 0.6) is 0 Å². The fourth-order valence-electron chi connectivity index (χ4n) is 3.70. The van der Waals surface area contributed by atoms with E-state index in [1.807, 2.05) is 10.9 Å². The molecule has 1 atom stereocenters. The lowest BCUT2D eigenvalue weighted by Gasteiger charge is -2.35. The first-order valence-electron chi connectivity index (χ1n) is 8.86. The topological polar surface area (TPSA) is 75.6 Å². The number of aryl methyl sites for hydroxylation is 1. The van der Waals surface area contributed by atoms with Gasteiger partial charge in [0.25, 0.3) is 5.91 Å². The first-order valence-corrected chi connectivity index (χ1v) is 8.86. The molecule has 4 rings (SSSR count). The number of amides is 1. The molecule has 1 aliphatic carbocycles. The third kappa shape index (κ3) is 3.03. The van der Waals surface area contributed by atoms with Gasteiger partial charge in [0.05, 0.1) is 36.1 Å². The highest BCUT2D eigenvalue weighted by Crippen LogP contribution is 2.41. The van der Waals surface area contributed by atoms with Gasteiger partial charge in [-0.2, -0.15) is 5.10 Å². The smallest absolute Gasteiger partial charge is 0.269 e. The monoisotopic (exact) mass is 349 g/mol. The van der Waals surface area contributed by atoms with E-state index in [1.54, 1.807) is 6.20 Å². The lowest BCUT2D eigenvalue weighted by molar-refractivity contribution is 0.0914. The van der Waals surface area contributed by atoms with E-state index >= 15 is 0 Å². The molecule has 0 bridgehead atoms. The lowest BCUT2D eigenvalue weighted by Crippen LogP contribution is -2.36. The molecule has 0 spiro atoms. The molecule has 0 radical (unpaired) electrons. The van der Waals surface area contributed by atoms with Crippen molar-refractivity contribution in [3.63, 3.8) is 0 Å². The van der Waals surface area contributed by atoms with Crippen LogP contribution < -0.4 is 5.32 Å². The fourth-order valence-corrected chi connectivity index (χ4v) is 3.70. The summed E-state index contributed by atoms with van der Waals surface area (Å²) in [6, 6.07) is 8.29. The van der Waals surface area contributed by atoms with Crippen LogP contribution in [0.25, 0.3) is 5.69 Å². The van der Waals surface area contributed by atoms with Crippen molar-refractivity contribution in [2.45, 2.75) is 39.7 Å². The van der Waals surface area contributed by atoms with Gasteiger partial charge in [0.15, 0.2) is 0 Å². The quantitative estimate of drug-likeness (QED) is 0.761. The van der Waals surface area contributed by atoms with Crippen molar-refractivity contribution in [1.29, 1.82) is 0 Å². The number of hydrogen-bond acceptors (Lipinski definition) is 3. The van der Waals surface area contributed by atoms with E-state index in [0.29, 0.717) is 5.69 Å². The Morgan fingerprint density at radius 2 is 2.04 bits per heavy atom. The Hall–Kier alpha value is -2.89. The molecule has 2 heterocycles. The number of aromatic nitrogens is 4. The molecule has 2 aromatic heterocycles. The van der Waals surface area contributed by atoms with Crippen LogP contribution in [0, 0.1) is 12.3 Å². The average molecular weight is 349 g/mol. The van der Waals surface area contributed by atoms with E-state index in [9.17, 15) is 4.79 Å². The summed E-state index contributed by atoms with van der Waals surface area (Å²) in [5.74, 6) is -0.140. The molecule has 0 aliphatic heterocycles. The zero-order valence-electron chi connectivity index (χ0n) is 15.3. The van der Waals surface area contributed by atoms with Crippen LogP contribution in [0.2, 0.25) is 0 Å². The first kappa shape index (κ1) is 16.6. The number of hydrogen-bond donors (Lipinski definition) is 2. The van der Waals surface area contributed by atoms with Crippen molar-refractivity contribution >= 4 is 5.91 Å². The number of H-pyrrole nitrogens is 1. The number of nitrogens with one attached hydrogen (secondary N) is 2. The second-order valence-corrected chi connectivity index (χ2v) is 7.83. The Morgan fingerprint density at radius 1 is 1.27 bits per heavy atom. The molecular weight excluding hydrogens is 326 g/mol. The summed E-state index contributed by atoms with van der Waals surface area (Å²) in [7, 11) is 0. The molecule has 26 heavy (non-hydrogen) atoms. The minimum absolute atomic E-state index is 0.0660. The van der Waals surface area contributed by atoms with Crippen LogP contribution in [-0.4, -0.2) is 25.7 Å². The molecule has 1 aromatic carbocycles. The zero-order valence-corrected chi connectivity index (χ0v) is 15.3. The maximum Gasteiger partial charge on any atom is 0.269 e. The number of aromatic amines is 1. The fraction of sp³-hybridized carbons (Fsp3) is 0.350. The summed E-state index contributed by atoms with van der Waals surface area (Å²) >= 11 is 0. The predicted octanol–water partition coefficient (Wildman–Crippen LogP) is 3.35. The van der Waals surface area contributed by atoms with Gasteiger partial charge in [-0.25, -0.2) is 9.67 Å². The number of fused-ring (bicyclic) bond motifs is 1. The van der Waals surface area contributed by atoms with Crippen molar-refractivity contribution in [2.24, 2.45) is 5.41 Å². The van der Waals surface area contributed by atoms with Crippen LogP contribution in [0.15, 0.2) is 43.0 Å². The maximum atomic E-state index is 12.5. The van der Waals surface area contributed by atoms with Crippen LogP contribution in [-0.2, 0) is 6.42 Å². The summed E-state index contributed by atoms with van der Waals surface area (Å²) in [5, 5.41) is 7.77. The molecule has 0 saturated heterocycles. The molecule has 0 unspecified atom stereocenters. The third-order valence-electron chi connectivity index (χ3n) is 5.01. The third-order valence-corrected chi connectivity index (χ3v) is 5.01. The number of nitrogens with zero attached hydrogens (tertiary/aromatic N) is 3. The summed E-state index contributed by atoms with van der Waals surface area (Å²) < 4.78 is 2.00. The maximum absolute atomic E-state index is 12.5. The molecule has 3 aromatic rings. The zero-order chi connectivity index (χ0) is 18.3.